The molecule has 0 N–H and O–H groups in total. The van der Waals surface area contributed by atoms with Crippen molar-refractivity contribution in [3.8, 4) is 11.4 Å². The van der Waals surface area contributed by atoms with Gasteiger partial charge < -0.3 is 9.47 Å². The van der Waals surface area contributed by atoms with E-state index in [1.165, 1.54) is 25.6 Å². The second-order valence-corrected chi connectivity index (χ2v) is 7.34. The minimum atomic E-state index is -1.08. The summed E-state index contributed by atoms with van der Waals surface area (Å²) in [5.74, 6) is 0.481. The first-order valence-electron chi connectivity index (χ1n) is 9.66. The Morgan fingerprint density at radius 3 is 2.48 bits per heavy atom. The number of methoxy groups -OCH3 is 2. The zero-order chi connectivity index (χ0) is 22.6. The molecule has 0 unspecified atom stereocenters. The third-order valence-electron chi connectivity index (χ3n) is 5.71. The van der Waals surface area contributed by atoms with Gasteiger partial charge in [0.05, 0.1) is 19.9 Å². The van der Waals surface area contributed by atoms with Crippen LogP contribution >= 0.6 is 0 Å². The van der Waals surface area contributed by atoms with Gasteiger partial charge in [0.1, 0.15) is 11.8 Å². The molecule has 0 spiro atoms. The number of hydrogen-bond donors (Lipinski definition) is 0. The van der Waals surface area contributed by atoms with Gasteiger partial charge in [0, 0.05) is 24.5 Å². The minimum Gasteiger partial charge on any atom is -0.497 e. The summed E-state index contributed by atoms with van der Waals surface area (Å²) in [5.41, 5.74) is 1.67. The van der Waals surface area contributed by atoms with Crippen LogP contribution in [0, 0.1) is 13.8 Å². The summed E-state index contributed by atoms with van der Waals surface area (Å²) >= 11 is 0. The monoisotopic (exact) mass is 425 g/mol. The first kappa shape index (κ1) is 20.5. The van der Waals surface area contributed by atoms with Crippen LogP contribution in [0.4, 0.5) is 0 Å². The topological polar surface area (TPSA) is 102 Å². The van der Waals surface area contributed by atoms with E-state index in [2.05, 4.69) is 4.98 Å². The van der Waals surface area contributed by atoms with Crippen LogP contribution in [-0.2, 0) is 16.6 Å². The number of aromatic nitrogens is 5. The molecule has 0 bridgehead atoms. The van der Waals surface area contributed by atoms with Gasteiger partial charge in [-0.25, -0.2) is 14.2 Å². The van der Waals surface area contributed by atoms with Crippen molar-refractivity contribution in [2.24, 2.45) is 7.05 Å². The molecule has 0 aliphatic heterocycles. The summed E-state index contributed by atoms with van der Waals surface area (Å²) in [4.78, 5) is 43.0. The zero-order valence-corrected chi connectivity index (χ0v) is 18.2. The highest BCUT2D eigenvalue weighted by molar-refractivity contribution is 5.78. The molecule has 1 atom stereocenters. The molecule has 0 aliphatic rings. The van der Waals surface area contributed by atoms with E-state index in [9.17, 15) is 14.4 Å². The average molecular weight is 425 g/mol. The normalized spacial score (nSPS) is 12.5. The standard InChI is InChI=1S/C21H23N5O5/c1-11-12(2)25-16-17(22-20(25)24(11)14-8-7-9-15(10-14)30-5)23(4)21(29)26(18(16)27)13(3)19(28)31-6/h7-10,13H,1-6H3/t13-/m0/s1. The number of aryl methyl sites for hydroxylation is 2. The molecular weight excluding hydrogens is 402 g/mol. The summed E-state index contributed by atoms with van der Waals surface area (Å²) < 4.78 is 15.9. The largest absolute Gasteiger partial charge is 0.497 e. The van der Waals surface area contributed by atoms with Crippen molar-refractivity contribution in [2.75, 3.05) is 14.2 Å². The number of nitrogens with zero attached hydrogens (tertiary/aromatic N) is 5. The molecule has 3 heterocycles. The lowest BCUT2D eigenvalue weighted by Gasteiger charge is -2.13. The molecule has 3 aromatic heterocycles. The molecule has 162 valence electrons. The summed E-state index contributed by atoms with van der Waals surface area (Å²) in [6.45, 7) is 5.25. The Balaban J connectivity index is 2.15. The molecule has 10 nitrogen and oxygen atoms in total. The van der Waals surface area contributed by atoms with Crippen LogP contribution in [0.1, 0.15) is 24.4 Å². The maximum Gasteiger partial charge on any atom is 0.333 e. The molecule has 10 heteroatoms. The Kier molecular flexibility index (Phi) is 4.72. The highest BCUT2D eigenvalue weighted by atomic mass is 16.5. The first-order valence-corrected chi connectivity index (χ1v) is 9.66. The van der Waals surface area contributed by atoms with Gasteiger partial charge >= 0.3 is 11.7 Å². The molecule has 0 aliphatic carbocycles. The summed E-state index contributed by atoms with van der Waals surface area (Å²) in [6, 6.07) is 6.40. The highest BCUT2D eigenvalue weighted by Gasteiger charge is 2.27. The number of carbonyl (C=O) groups excluding carboxylic acids is 1. The zero-order valence-electron chi connectivity index (χ0n) is 18.2. The molecule has 4 aromatic rings. The number of esters is 1. The lowest BCUT2D eigenvalue weighted by atomic mass is 10.3. The predicted molar refractivity (Wildman–Crippen MR) is 114 cm³/mol. The fourth-order valence-corrected chi connectivity index (χ4v) is 3.89. The Hall–Kier alpha value is -3.82. The van der Waals surface area contributed by atoms with Gasteiger partial charge in [0.15, 0.2) is 11.2 Å². The number of rotatable bonds is 4. The Morgan fingerprint density at radius 1 is 1.13 bits per heavy atom. The first-order chi connectivity index (χ1) is 14.7. The molecule has 4 rings (SSSR count). The van der Waals surface area contributed by atoms with E-state index < -0.39 is 23.3 Å². The van der Waals surface area contributed by atoms with Crippen LogP contribution in [0.15, 0.2) is 33.9 Å². The molecule has 0 saturated carbocycles. The molecule has 0 radical (unpaired) electrons. The summed E-state index contributed by atoms with van der Waals surface area (Å²) in [7, 11) is 4.33. The Labute approximate surface area is 176 Å². The minimum absolute atomic E-state index is 0.218. The van der Waals surface area contributed by atoms with Gasteiger partial charge in [-0.2, -0.15) is 4.98 Å². The van der Waals surface area contributed by atoms with E-state index in [-0.39, 0.29) is 11.2 Å². The SMILES string of the molecule is COC(=O)[C@H](C)n1c(=O)c2c(nc3n(-c4cccc(OC)c4)c(C)c(C)n23)n(C)c1=O. The number of ether oxygens (including phenoxy) is 2. The smallest absolute Gasteiger partial charge is 0.333 e. The molecule has 0 amide bonds. The molecule has 0 saturated heterocycles. The van der Waals surface area contributed by atoms with Crippen molar-refractivity contribution < 1.29 is 14.3 Å². The molecule has 0 fully saturated rings. The van der Waals surface area contributed by atoms with Crippen LogP contribution in [0.2, 0.25) is 0 Å². The van der Waals surface area contributed by atoms with E-state index in [4.69, 9.17) is 9.47 Å². The summed E-state index contributed by atoms with van der Waals surface area (Å²) in [6.07, 6.45) is 0. The van der Waals surface area contributed by atoms with E-state index in [1.54, 1.807) is 11.5 Å². The third-order valence-corrected chi connectivity index (χ3v) is 5.71. The van der Waals surface area contributed by atoms with Gasteiger partial charge in [-0.15, -0.1) is 0 Å². The Bertz CT molecular complexity index is 1470. The van der Waals surface area contributed by atoms with Crippen molar-refractivity contribution in [3.05, 3.63) is 56.5 Å². The molecule has 31 heavy (non-hydrogen) atoms. The predicted octanol–water partition coefficient (Wildman–Crippen LogP) is 1.50. The van der Waals surface area contributed by atoms with Crippen LogP contribution in [0.25, 0.3) is 22.6 Å². The van der Waals surface area contributed by atoms with E-state index in [0.717, 1.165) is 21.6 Å². The fraction of sp³-hybridized carbons (Fsp3) is 0.333. The number of carbonyl (C=O) groups is 1. The number of benzene rings is 1. The quantitative estimate of drug-likeness (QED) is 0.459. The number of imidazole rings is 2. The van der Waals surface area contributed by atoms with E-state index >= 15 is 0 Å². The van der Waals surface area contributed by atoms with Crippen molar-refractivity contribution >= 4 is 22.9 Å². The maximum absolute atomic E-state index is 13.4. The van der Waals surface area contributed by atoms with Gasteiger partial charge in [-0.3, -0.25) is 18.3 Å². The van der Waals surface area contributed by atoms with Crippen molar-refractivity contribution in [2.45, 2.75) is 26.8 Å². The summed E-state index contributed by atoms with van der Waals surface area (Å²) in [5, 5.41) is 0. The lowest BCUT2D eigenvalue weighted by molar-refractivity contribution is -0.144. The maximum atomic E-state index is 13.4. The van der Waals surface area contributed by atoms with Gasteiger partial charge in [-0.1, -0.05) is 6.07 Å². The third kappa shape index (κ3) is 2.78. The van der Waals surface area contributed by atoms with E-state index in [1.807, 2.05) is 42.7 Å². The second kappa shape index (κ2) is 7.15. The van der Waals surface area contributed by atoms with Crippen LogP contribution in [0.3, 0.4) is 0 Å². The second-order valence-electron chi connectivity index (χ2n) is 7.34. The highest BCUT2D eigenvalue weighted by Crippen LogP contribution is 2.26. The lowest BCUT2D eigenvalue weighted by Crippen LogP contribution is -2.43. The number of fused-ring (bicyclic) bond motifs is 3. The fourth-order valence-electron chi connectivity index (χ4n) is 3.89. The van der Waals surface area contributed by atoms with Gasteiger partial charge in [0.25, 0.3) is 5.56 Å². The van der Waals surface area contributed by atoms with Crippen molar-refractivity contribution in [3.63, 3.8) is 0 Å². The van der Waals surface area contributed by atoms with Crippen molar-refractivity contribution in [1.82, 2.24) is 23.1 Å². The van der Waals surface area contributed by atoms with Crippen LogP contribution in [0.5, 0.6) is 5.75 Å². The Morgan fingerprint density at radius 2 is 1.84 bits per heavy atom. The van der Waals surface area contributed by atoms with Crippen LogP contribution < -0.4 is 16.0 Å². The molecule has 1 aromatic carbocycles. The number of hydrogen-bond acceptors (Lipinski definition) is 6. The average Bonchev–Trinajstić information content (AvgIpc) is 3.27. The van der Waals surface area contributed by atoms with Gasteiger partial charge in [-0.05, 0) is 32.9 Å². The molecular formula is C21H23N5O5. The van der Waals surface area contributed by atoms with Gasteiger partial charge in [0.2, 0.25) is 5.78 Å². The van der Waals surface area contributed by atoms with E-state index in [0.29, 0.717) is 11.5 Å². The van der Waals surface area contributed by atoms with Crippen molar-refractivity contribution in [1.29, 1.82) is 0 Å². The van der Waals surface area contributed by atoms with Crippen LogP contribution in [-0.4, -0.2) is 43.3 Å².